The van der Waals surface area contributed by atoms with E-state index in [-0.39, 0.29) is 39.3 Å². The number of nitrogens with zero attached hydrogens (tertiary/aromatic N) is 3. The Hall–Kier alpha value is -4.94. The zero-order valence-electron chi connectivity index (χ0n) is 22.6. The van der Waals surface area contributed by atoms with E-state index < -0.39 is 5.25 Å². The smallest absolute Gasteiger partial charge is 0.237 e. The lowest BCUT2D eigenvalue weighted by Gasteiger charge is -2.19. The van der Waals surface area contributed by atoms with Gasteiger partial charge in [0.2, 0.25) is 17.6 Å². The molecule has 1 aromatic heterocycles. The number of nitriles is 2. The summed E-state index contributed by atoms with van der Waals surface area (Å²) in [4.78, 5) is 28.7. The van der Waals surface area contributed by atoms with E-state index in [1.807, 2.05) is 13.0 Å². The number of amides is 2. The number of aromatic nitrogens is 1. The topological polar surface area (TPSA) is 172 Å². The minimum Gasteiger partial charge on any atom is -0.493 e. The van der Waals surface area contributed by atoms with E-state index in [1.165, 1.54) is 28.3 Å². The number of hydrogen-bond acceptors (Lipinski definition) is 10. The highest BCUT2D eigenvalue weighted by atomic mass is 32.2. The van der Waals surface area contributed by atoms with Crippen LogP contribution in [-0.4, -0.2) is 43.4 Å². The third kappa shape index (κ3) is 6.37. The molecule has 3 rings (SSSR count). The Labute approximate surface area is 236 Å². The van der Waals surface area contributed by atoms with Gasteiger partial charge in [0, 0.05) is 23.9 Å². The van der Waals surface area contributed by atoms with Gasteiger partial charge in [0.05, 0.1) is 32.1 Å². The van der Waals surface area contributed by atoms with Crippen LogP contribution in [-0.2, 0) is 9.59 Å². The molecule has 1 atom stereocenters. The number of nitrogens with two attached hydrogens (primary N) is 1. The molecule has 0 aliphatic heterocycles. The van der Waals surface area contributed by atoms with Gasteiger partial charge in [-0.15, -0.1) is 0 Å². The highest BCUT2D eigenvalue weighted by molar-refractivity contribution is 8.00. The molecule has 0 spiro atoms. The number of hydrogen-bond donors (Lipinski definition) is 3. The molecule has 11 nitrogen and oxygen atoms in total. The van der Waals surface area contributed by atoms with Crippen LogP contribution in [0.3, 0.4) is 0 Å². The van der Waals surface area contributed by atoms with Crippen molar-refractivity contribution < 1.29 is 23.8 Å². The summed E-state index contributed by atoms with van der Waals surface area (Å²) >= 11 is 1.07. The first-order chi connectivity index (χ1) is 19.2. The Bertz CT molecular complexity index is 1490. The van der Waals surface area contributed by atoms with Crippen molar-refractivity contribution in [1.29, 1.82) is 10.5 Å². The SMILES string of the molecule is CCC(Sc1nc(N)c(C#N)c(-c2cc(OC)c(OC)c(OC)c2)c1C#N)C(=O)Nc1ccc(NC(C)=O)cc1. The number of benzene rings is 2. The van der Waals surface area contributed by atoms with Gasteiger partial charge < -0.3 is 30.6 Å². The van der Waals surface area contributed by atoms with Crippen molar-refractivity contribution in [1.82, 2.24) is 4.98 Å². The third-order valence-corrected chi connectivity index (χ3v) is 7.11. The van der Waals surface area contributed by atoms with Crippen LogP contribution in [0.25, 0.3) is 11.1 Å². The number of carbonyl (C=O) groups excluding carboxylic acids is 2. The van der Waals surface area contributed by atoms with E-state index in [0.717, 1.165) is 11.8 Å². The van der Waals surface area contributed by atoms with E-state index in [1.54, 1.807) is 36.4 Å². The van der Waals surface area contributed by atoms with E-state index in [4.69, 9.17) is 19.9 Å². The van der Waals surface area contributed by atoms with Crippen LogP contribution in [0.1, 0.15) is 31.4 Å². The summed E-state index contributed by atoms with van der Waals surface area (Å²) < 4.78 is 16.3. The van der Waals surface area contributed by atoms with Gasteiger partial charge in [-0.3, -0.25) is 9.59 Å². The van der Waals surface area contributed by atoms with Gasteiger partial charge in [-0.1, -0.05) is 18.7 Å². The fourth-order valence-corrected chi connectivity index (χ4v) is 4.94. The number of methoxy groups -OCH3 is 3. The second kappa shape index (κ2) is 13.2. The Morgan fingerprint density at radius 2 is 1.52 bits per heavy atom. The number of pyridine rings is 1. The highest BCUT2D eigenvalue weighted by Crippen LogP contribution is 2.44. The summed E-state index contributed by atoms with van der Waals surface area (Å²) in [6, 6.07) is 14.1. The summed E-state index contributed by atoms with van der Waals surface area (Å²) in [5.74, 6) is 0.385. The third-order valence-electron chi connectivity index (χ3n) is 5.76. The first-order valence-electron chi connectivity index (χ1n) is 12.0. The van der Waals surface area contributed by atoms with Crippen molar-refractivity contribution in [3.63, 3.8) is 0 Å². The molecule has 1 unspecified atom stereocenters. The van der Waals surface area contributed by atoms with Crippen LogP contribution in [0.15, 0.2) is 41.4 Å². The maximum atomic E-state index is 13.2. The Balaban J connectivity index is 2.03. The van der Waals surface area contributed by atoms with Crippen molar-refractivity contribution in [2.75, 3.05) is 37.7 Å². The minimum atomic E-state index is -0.644. The number of nitrogen functional groups attached to an aromatic ring is 1. The standard InChI is InChI=1S/C28H28N6O5S/c1-6-23(27(36)33-18-9-7-17(8-10-18)32-15(2)35)40-28-20(14-30)24(19(13-29)26(31)34-28)16-11-21(37-3)25(39-5)22(12-16)38-4/h7-12,23H,6H2,1-5H3,(H2,31,34)(H,32,35)(H,33,36). The van der Waals surface area contributed by atoms with Gasteiger partial charge in [0.1, 0.15) is 28.5 Å². The molecule has 2 amide bonds. The molecule has 0 bridgehead atoms. The van der Waals surface area contributed by atoms with Gasteiger partial charge in [-0.05, 0) is 48.4 Å². The minimum absolute atomic E-state index is 0.00642. The lowest BCUT2D eigenvalue weighted by atomic mass is 9.96. The van der Waals surface area contributed by atoms with E-state index in [0.29, 0.717) is 40.6 Å². The van der Waals surface area contributed by atoms with Crippen LogP contribution in [0, 0.1) is 22.7 Å². The number of rotatable bonds is 10. The molecule has 4 N–H and O–H groups in total. The molecule has 0 radical (unpaired) electrons. The largest absolute Gasteiger partial charge is 0.493 e. The molecule has 206 valence electrons. The fraction of sp³-hybridized carbons (Fsp3) is 0.250. The predicted molar refractivity (Wildman–Crippen MR) is 152 cm³/mol. The lowest BCUT2D eigenvalue weighted by Crippen LogP contribution is -2.25. The van der Waals surface area contributed by atoms with Gasteiger partial charge in [-0.2, -0.15) is 10.5 Å². The van der Waals surface area contributed by atoms with Crippen LogP contribution < -0.4 is 30.6 Å². The molecule has 2 aromatic carbocycles. The Kier molecular flexibility index (Phi) is 9.79. The van der Waals surface area contributed by atoms with Crippen LogP contribution >= 0.6 is 11.8 Å². The van der Waals surface area contributed by atoms with Gasteiger partial charge in [0.25, 0.3) is 0 Å². The molecule has 3 aromatic rings. The quantitative estimate of drug-likeness (QED) is 0.298. The van der Waals surface area contributed by atoms with Gasteiger partial charge in [-0.25, -0.2) is 4.98 Å². The normalized spacial score (nSPS) is 11.0. The first kappa shape index (κ1) is 29.6. The van der Waals surface area contributed by atoms with E-state index >= 15 is 0 Å². The van der Waals surface area contributed by atoms with Crippen LogP contribution in [0.2, 0.25) is 0 Å². The molecule has 0 saturated carbocycles. The monoisotopic (exact) mass is 560 g/mol. The number of carbonyl (C=O) groups is 2. The van der Waals surface area contributed by atoms with Gasteiger partial charge in [0.15, 0.2) is 11.5 Å². The average Bonchev–Trinajstić information content (AvgIpc) is 2.95. The Morgan fingerprint density at radius 3 is 1.98 bits per heavy atom. The fourth-order valence-electron chi connectivity index (χ4n) is 3.92. The van der Waals surface area contributed by atoms with Crippen molar-refractivity contribution in [3.8, 4) is 40.5 Å². The van der Waals surface area contributed by atoms with Crippen molar-refractivity contribution in [2.24, 2.45) is 0 Å². The molecule has 40 heavy (non-hydrogen) atoms. The molecule has 12 heteroatoms. The van der Waals surface area contributed by atoms with Crippen LogP contribution in [0.5, 0.6) is 17.2 Å². The molecular weight excluding hydrogens is 532 g/mol. The first-order valence-corrected chi connectivity index (χ1v) is 12.9. The summed E-state index contributed by atoms with van der Waals surface area (Å²) in [5, 5.41) is 25.2. The predicted octanol–water partition coefficient (Wildman–Crippen LogP) is 4.57. The molecule has 0 aliphatic rings. The zero-order valence-corrected chi connectivity index (χ0v) is 23.4. The number of anilines is 3. The summed E-state index contributed by atoms with van der Waals surface area (Å²) in [7, 11) is 4.38. The molecule has 0 aliphatic carbocycles. The zero-order chi connectivity index (χ0) is 29.4. The van der Waals surface area contributed by atoms with Crippen LogP contribution in [0.4, 0.5) is 17.2 Å². The maximum Gasteiger partial charge on any atom is 0.237 e. The Morgan fingerprint density at radius 1 is 0.975 bits per heavy atom. The van der Waals surface area contributed by atoms with E-state index in [2.05, 4.69) is 21.7 Å². The molecule has 0 saturated heterocycles. The second-order valence-electron chi connectivity index (χ2n) is 8.33. The second-order valence-corrected chi connectivity index (χ2v) is 9.52. The van der Waals surface area contributed by atoms with Crippen molar-refractivity contribution in [2.45, 2.75) is 30.5 Å². The summed E-state index contributed by atoms with van der Waals surface area (Å²) in [5.41, 5.74) is 8.06. The average molecular weight is 561 g/mol. The maximum absolute atomic E-state index is 13.2. The summed E-state index contributed by atoms with van der Waals surface area (Å²) in [6.07, 6.45) is 0.409. The number of ether oxygens (including phenoxy) is 3. The highest BCUT2D eigenvalue weighted by Gasteiger charge is 2.27. The summed E-state index contributed by atoms with van der Waals surface area (Å²) in [6.45, 7) is 3.24. The lowest BCUT2D eigenvalue weighted by molar-refractivity contribution is -0.116. The number of nitrogens with one attached hydrogen (secondary N) is 2. The molecule has 0 fully saturated rings. The molecular formula is C28H28N6O5S. The van der Waals surface area contributed by atoms with Crippen molar-refractivity contribution in [3.05, 3.63) is 47.5 Å². The van der Waals surface area contributed by atoms with E-state index in [9.17, 15) is 20.1 Å². The van der Waals surface area contributed by atoms with Gasteiger partial charge >= 0.3 is 0 Å². The molecule has 1 heterocycles. The number of thioether (sulfide) groups is 1. The van der Waals surface area contributed by atoms with Crippen molar-refractivity contribution >= 4 is 40.8 Å².